The number of likely N-dealkylation sites (tertiary alicyclic amines) is 1. The van der Waals surface area contributed by atoms with Gasteiger partial charge < -0.3 is 15.5 Å². The Morgan fingerprint density at radius 2 is 2.04 bits per heavy atom. The molecule has 136 valence electrons. The molecule has 0 spiro atoms. The molecule has 25 heavy (non-hydrogen) atoms. The molecule has 0 saturated carbocycles. The lowest BCUT2D eigenvalue weighted by atomic mass is 9.96. The Kier molecular flexibility index (Phi) is 6.46. The fourth-order valence-corrected chi connectivity index (χ4v) is 3.02. The van der Waals surface area contributed by atoms with Crippen molar-refractivity contribution in [2.75, 3.05) is 26.7 Å². The van der Waals surface area contributed by atoms with Crippen molar-refractivity contribution in [3.8, 4) is 0 Å². The summed E-state index contributed by atoms with van der Waals surface area (Å²) in [5.74, 6) is -0.0416. The van der Waals surface area contributed by atoms with Crippen molar-refractivity contribution in [2.45, 2.75) is 25.8 Å². The van der Waals surface area contributed by atoms with Crippen LogP contribution in [0.15, 0.2) is 24.3 Å². The van der Waals surface area contributed by atoms with Crippen LogP contribution in [-0.4, -0.2) is 54.4 Å². The number of nitro benzene ring substituents is 1. The van der Waals surface area contributed by atoms with E-state index in [4.69, 9.17) is 0 Å². The number of hydrogen-bond acceptors (Lipinski definition) is 5. The number of nitrogens with zero attached hydrogens (tertiary/aromatic N) is 2. The van der Waals surface area contributed by atoms with Crippen LogP contribution in [0.4, 0.5) is 5.69 Å². The number of nitrogens with one attached hydrogen (secondary N) is 2. The van der Waals surface area contributed by atoms with E-state index in [0.717, 1.165) is 19.4 Å². The van der Waals surface area contributed by atoms with Crippen molar-refractivity contribution in [1.29, 1.82) is 0 Å². The molecule has 1 aliphatic heterocycles. The van der Waals surface area contributed by atoms with Gasteiger partial charge in [-0.15, -0.1) is 0 Å². The van der Waals surface area contributed by atoms with E-state index in [2.05, 4.69) is 10.6 Å². The maximum Gasteiger partial charge on any atom is 0.270 e. The fourth-order valence-electron chi connectivity index (χ4n) is 3.02. The zero-order chi connectivity index (χ0) is 18.4. The maximum atomic E-state index is 12.5. The predicted molar refractivity (Wildman–Crippen MR) is 93.3 cm³/mol. The summed E-state index contributed by atoms with van der Waals surface area (Å²) < 4.78 is 0. The summed E-state index contributed by atoms with van der Waals surface area (Å²) in [6, 6.07) is 4.79. The minimum atomic E-state index is -0.674. The molecule has 8 nitrogen and oxygen atoms in total. The lowest BCUT2D eigenvalue weighted by Gasteiger charge is -2.33. The van der Waals surface area contributed by atoms with Crippen LogP contribution in [0.2, 0.25) is 0 Å². The van der Waals surface area contributed by atoms with E-state index in [1.165, 1.54) is 24.3 Å². The first-order valence-corrected chi connectivity index (χ1v) is 8.41. The largest absolute Gasteiger partial charge is 0.341 e. The van der Waals surface area contributed by atoms with Crippen molar-refractivity contribution in [3.05, 3.63) is 39.9 Å². The van der Waals surface area contributed by atoms with Crippen LogP contribution in [0.1, 0.15) is 30.1 Å². The molecule has 8 heteroatoms. The summed E-state index contributed by atoms with van der Waals surface area (Å²) in [6.07, 6.45) is 1.89. The molecular weight excluding hydrogens is 324 g/mol. The number of non-ortho nitro benzene ring substituents is 1. The highest BCUT2D eigenvalue weighted by molar-refractivity contribution is 5.97. The monoisotopic (exact) mass is 348 g/mol. The Labute approximate surface area is 146 Å². The quantitative estimate of drug-likeness (QED) is 0.593. The second kappa shape index (κ2) is 8.57. The number of carbonyl (C=O) groups is 2. The second-order valence-electron chi connectivity index (χ2n) is 6.33. The minimum absolute atomic E-state index is 0.123. The molecular formula is C17H24N4O4. The SMILES string of the molecule is CNCC1CCN(C(=O)C(C)NC(=O)c2cccc([N+](=O)[O-])c2)CC1. The van der Waals surface area contributed by atoms with Gasteiger partial charge in [-0.3, -0.25) is 19.7 Å². The van der Waals surface area contributed by atoms with E-state index in [9.17, 15) is 19.7 Å². The van der Waals surface area contributed by atoms with Crippen LogP contribution in [-0.2, 0) is 4.79 Å². The Morgan fingerprint density at radius 3 is 2.64 bits per heavy atom. The van der Waals surface area contributed by atoms with E-state index in [0.29, 0.717) is 19.0 Å². The number of hydrogen-bond donors (Lipinski definition) is 2. The third kappa shape index (κ3) is 4.99. The molecule has 1 aromatic carbocycles. The predicted octanol–water partition coefficient (Wildman–Crippen LogP) is 1.17. The van der Waals surface area contributed by atoms with E-state index in [1.807, 2.05) is 7.05 Å². The summed E-state index contributed by atoms with van der Waals surface area (Å²) in [7, 11) is 1.92. The van der Waals surface area contributed by atoms with Gasteiger partial charge in [0.25, 0.3) is 11.6 Å². The average Bonchev–Trinajstić information content (AvgIpc) is 2.62. The molecule has 1 fully saturated rings. The van der Waals surface area contributed by atoms with Crippen molar-refractivity contribution in [3.63, 3.8) is 0 Å². The van der Waals surface area contributed by atoms with Crippen LogP contribution >= 0.6 is 0 Å². The van der Waals surface area contributed by atoms with Crippen LogP contribution in [0.25, 0.3) is 0 Å². The second-order valence-corrected chi connectivity index (χ2v) is 6.33. The number of carbonyl (C=O) groups excluding carboxylic acids is 2. The summed E-state index contributed by atoms with van der Waals surface area (Å²) in [5, 5.41) is 16.6. The topological polar surface area (TPSA) is 105 Å². The van der Waals surface area contributed by atoms with Crippen LogP contribution in [0.5, 0.6) is 0 Å². The molecule has 2 N–H and O–H groups in total. The first-order chi connectivity index (χ1) is 11.9. The first kappa shape index (κ1) is 18.9. The van der Waals surface area contributed by atoms with Gasteiger partial charge in [0.05, 0.1) is 4.92 Å². The molecule has 1 saturated heterocycles. The average molecular weight is 348 g/mol. The van der Waals surface area contributed by atoms with Crippen LogP contribution < -0.4 is 10.6 Å². The number of rotatable bonds is 6. The van der Waals surface area contributed by atoms with Gasteiger partial charge in [-0.1, -0.05) is 6.07 Å². The first-order valence-electron chi connectivity index (χ1n) is 8.41. The zero-order valence-corrected chi connectivity index (χ0v) is 14.5. The number of piperidine rings is 1. The molecule has 0 aliphatic carbocycles. The van der Waals surface area contributed by atoms with Crippen LogP contribution in [0.3, 0.4) is 0 Å². The number of nitro groups is 1. The lowest BCUT2D eigenvalue weighted by molar-refractivity contribution is -0.384. The van der Waals surface area contributed by atoms with E-state index < -0.39 is 16.9 Å². The Morgan fingerprint density at radius 1 is 1.36 bits per heavy atom. The van der Waals surface area contributed by atoms with Gasteiger partial charge in [0.15, 0.2) is 0 Å². The van der Waals surface area contributed by atoms with E-state index in [1.54, 1.807) is 11.8 Å². The number of benzene rings is 1. The molecule has 1 atom stereocenters. The molecule has 1 unspecified atom stereocenters. The zero-order valence-electron chi connectivity index (χ0n) is 14.5. The minimum Gasteiger partial charge on any atom is -0.341 e. The summed E-state index contributed by atoms with van der Waals surface area (Å²) >= 11 is 0. The van der Waals surface area contributed by atoms with Crippen molar-refractivity contribution < 1.29 is 14.5 Å². The van der Waals surface area contributed by atoms with Gasteiger partial charge >= 0.3 is 0 Å². The normalized spacial score (nSPS) is 16.3. The standard InChI is InChI=1S/C17H24N4O4/c1-12(17(23)20-8-6-13(7-9-20)11-18-2)19-16(22)14-4-3-5-15(10-14)21(24)25/h3-5,10,12-13,18H,6-9,11H2,1-2H3,(H,19,22). The summed E-state index contributed by atoms with van der Waals surface area (Å²) in [5.41, 5.74) is 0.0137. The Hall–Kier alpha value is -2.48. The van der Waals surface area contributed by atoms with E-state index in [-0.39, 0.29) is 17.2 Å². The van der Waals surface area contributed by atoms with Gasteiger partial charge in [0, 0.05) is 30.8 Å². The third-order valence-corrected chi connectivity index (χ3v) is 4.46. The summed E-state index contributed by atoms with van der Waals surface area (Å²) in [6.45, 7) is 3.95. The highest BCUT2D eigenvalue weighted by Crippen LogP contribution is 2.17. The molecule has 1 aromatic rings. The van der Waals surface area contributed by atoms with E-state index >= 15 is 0 Å². The highest BCUT2D eigenvalue weighted by Gasteiger charge is 2.27. The fraction of sp³-hybridized carbons (Fsp3) is 0.529. The molecule has 0 radical (unpaired) electrons. The Bertz CT molecular complexity index is 641. The third-order valence-electron chi connectivity index (χ3n) is 4.46. The molecule has 1 aliphatic rings. The smallest absolute Gasteiger partial charge is 0.270 e. The van der Waals surface area contributed by atoms with Crippen LogP contribution in [0, 0.1) is 16.0 Å². The van der Waals surface area contributed by atoms with Gasteiger partial charge in [0.1, 0.15) is 6.04 Å². The molecule has 2 amide bonds. The Balaban J connectivity index is 1.91. The van der Waals surface area contributed by atoms with Crippen molar-refractivity contribution >= 4 is 17.5 Å². The lowest BCUT2D eigenvalue weighted by Crippen LogP contribution is -2.49. The maximum absolute atomic E-state index is 12.5. The molecule has 1 heterocycles. The summed E-state index contributed by atoms with van der Waals surface area (Å²) in [4.78, 5) is 36.7. The molecule has 2 rings (SSSR count). The molecule has 0 aromatic heterocycles. The van der Waals surface area contributed by atoms with Gasteiger partial charge in [0.2, 0.25) is 5.91 Å². The van der Waals surface area contributed by atoms with Crippen molar-refractivity contribution in [2.24, 2.45) is 5.92 Å². The number of amides is 2. The van der Waals surface area contributed by atoms with Crippen molar-refractivity contribution in [1.82, 2.24) is 15.5 Å². The van der Waals surface area contributed by atoms with Gasteiger partial charge in [-0.25, -0.2) is 0 Å². The highest BCUT2D eigenvalue weighted by atomic mass is 16.6. The van der Waals surface area contributed by atoms with Gasteiger partial charge in [-0.05, 0) is 45.3 Å². The van der Waals surface area contributed by atoms with Gasteiger partial charge in [-0.2, -0.15) is 0 Å². The molecule has 0 bridgehead atoms.